The lowest BCUT2D eigenvalue weighted by molar-refractivity contribution is -0.384. The summed E-state index contributed by atoms with van der Waals surface area (Å²) in [6, 6.07) is 10.2. The van der Waals surface area contributed by atoms with Gasteiger partial charge in [-0.1, -0.05) is 12.1 Å². The quantitative estimate of drug-likeness (QED) is 0.319. The molecule has 1 aliphatic heterocycles. The van der Waals surface area contributed by atoms with E-state index >= 15 is 0 Å². The number of anilines is 1. The van der Waals surface area contributed by atoms with Crippen molar-refractivity contribution < 1.29 is 28.8 Å². The number of esters is 1. The Morgan fingerprint density at radius 1 is 1.07 bits per heavy atom. The van der Waals surface area contributed by atoms with Gasteiger partial charge in [-0.2, -0.15) is 0 Å². The predicted octanol–water partition coefficient (Wildman–Crippen LogP) is 2.15. The number of nitro benzene ring substituents is 1. The van der Waals surface area contributed by atoms with Crippen LogP contribution in [0, 0.1) is 10.1 Å². The first kappa shape index (κ1) is 20.6. The van der Waals surface area contributed by atoms with Crippen LogP contribution >= 0.6 is 0 Å². The number of imide groups is 1. The third kappa shape index (κ3) is 4.02. The highest BCUT2D eigenvalue weighted by atomic mass is 16.6. The van der Waals surface area contributed by atoms with Crippen molar-refractivity contribution in [3.63, 3.8) is 0 Å². The Kier molecular flexibility index (Phi) is 5.86. The van der Waals surface area contributed by atoms with E-state index in [4.69, 9.17) is 4.74 Å². The zero-order valence-corrected chi connectivity index (χ0v) is 15.9. The van der Waals surface area contributed by atoms with Crippen LogP contribution in [-0.4, -0.2) is 46.7 Å². The summed E-state index contributed by atoms with van der Waals surface area (Å²) in [5.74, 6) is -2.55. The molecule has 2 aromatic carbocycles. The van der Waals surface area contributed by atoms with Gasteiger partial charge in [0.1, 0.15) is 6.04 Å². The summed E-state index contributed by atoms with van der Waals surface area (Å²) in [6.07, 6.45) is -0.332. The van der Waals surface area contributed by atoms with Crippen LogP contribution in [0.15, 0.2) is 48.5 Å². The number of carbonyl (C=O) groups is 4. The minimum absolute atomic E-state index is 0.121. The van der Waals surface area contributed by atoms with Gasteiger partial charge in [0.15, 0.2) is 0 Å². The van der Waals surface area contributed by atoms with Gasteiger partial charge in [-0.25, -0.2) is 4.79 Å². The molecule has 154 valence electrons. The van der Waals surface area contributed by atoms with Crippen LogP contribution in [0.3, 0.4) is 0 Å². The van der Waals surface area contributed by atoms with Gasteiger partial charge in [0, 0.05) is 24.2 Å². The molecule has 10 nitrogen and oxygen atoms in total. The number of nitro groups is 1. The molecule has 1 aliphatic rings. The van der Waals surface area contributed by atoms with E-state index in [1.807, 2.05) is 0 Å². The summed E-state index contributed by atoms with van der Waals surface area (Å²) in [6.45, 7) is 0. The largest absolute Gasteiger partial charge is 0.467 e. The SMILES string of the molecule is COC(=O)[C@H](CCC(=O)Nc1ccc([N+](=O)[O-])cc1)N1C(=O)c2ccccc2C1=O. The summed E-state index contributed by atoms with van der Waals surface area (Å²) >= 11 is 0. The van der Waals surface area contributed by atoms with Crippen LogP contribution in [-0.2, 0) is 14.3 Å². The number of nitrogens with zero attached hydrogens (tertiary/aromatic N) is 2. The molecule has 1 atom stereocenters. The van der Waals surface area contributed by atoms with Crippen LogP contribution in [0.25, 0.3) is 0 Å². The molecule has 0 spiro atoms. The Labute approximate surface area is 170 Å². The van der Waals surface area contributed by atoms with Crippen molar-refractivity contribution in [2.24, 2.45) is 0 Å². The van der Waals surface area contributed by atoms with E-state index in [0.29, 0.717) is 5.69 Å². The molecule has 0 saturated heterocycles. The molecule has 0 bridgehead atoms. The second-order valence-electron chi connectivity index (χ2n) is 6.46. The van der Waals surface area contributed by atoms with E-state index in [-0.39, 0.29) is 29.7 Å². The van der Waals surface area contributed by atoms with Crippen LogP contribution in [0.4, 0.5) is 11.4 Å². The number of methoxy groups -OCH3 is 1. The van der Waals surface area contributed by atoms with Crippen molar-refractivity contribution in [1.29, 1.82) is 0 Å². The van der Waals surface area contributed by atoms with Crippen molar-refractivity contribution in [1.82, 2.24) is 4.90 Å². The van der Waals surface area contributed by atoms with Crippen LogP contribution in [0.1, 0.15) is 33.6 Å². The number of hydrogen-bond donors (Lipinski definition) is 1. The second kappa shape index (κ2) is 8.52. The molecule has 0 unspecified atom stereocenters. The van der Waals surface area contributed by atoms with Crippen LogP contribution < -0.4 is 5.32 Å². The maximum absolute atomic E-state index is 12.6. The van der Waals surface area contributed by atoms with Crippen molar-refractivity contribution >= 4 is 35.1 Å². The zero-order chi connectivity index (χ0) is 21.8. The number of amides is 3. The molecule has 0 radical (unpaired) electrons. The normalized spacial score (nSPS) is 13.6. The molecule has 0 aromatic heterocycles. The summed E-state index contributed by atoms with van der Waals surface area (Å²) in [4.78, 5) is 60.7. The fourth-order valence-corrected chi connectivity index (χ4v) is 3.14. The molecule has 10 heteroatoms. The molecule has 1 N–H and O–H groups in total. The minimum atomic E-state index is -1.26. The molecular weight excluding hydrogens is 394 g/mol. The number of rotatable bonds is 7. The van der Waals surface area contributed by atoms with Crippen molar-refractivity contribution in [2.75, 3.05) is 12.4 Å². The molecule has 30 heavy (non-hydrogen) atoms. The number of carbonyl (C=O) groups excluding carboxylic acids is 4. The van der Waals surface area contributed by atoms with Gasteiger partial charge < -0.3 is 10.1 Å². The highest BCUT2D eigenvalue weighted by Gasteiger charge is 2.43. The van der Waals surface area contributed by atoms with Gasteiger partial charge in [-0.3, -0.25) is 29.4 Å². The standard InChI is InChI=1S/C20H17N3O7/c1-30-20(27)16(22-18(25)14-4-2-3-5-15(14)19(22)26)10-11-17(24)21-12-6-8-13(9-7-12)23(28)29/h2-9,16H,10-11H2,1H3,(H,21,24)/t16-/m0/s1. The third-order valence-electron chi connectivity index (χ3n) is 4.62. The van der Waals surface area contributed by atoms with E-state index in [1.54, 1.807) is 12.1 Å². The van der Waals surface area contributed by atoms with E-state index in [9.17, 15) is 29.3 Å². The number of nitrogens with one attached hydrogen (secondary N) is 1. The summed E-state index contributed by atoms with van der Waals surface area (Å²) < 4.78 is 4.73. The average Bonchev–Trinajstić information content (AvgIpc) is 2.99. The van der Waals surface area contributed by atoms with Crippen LogP contribution in [0.2, 0.25) is 0 Å². The van der Waals surface area contributed by atoms with Gasteiger partial charge >= 0.3 is 5.97 Å². The smallest absolute Gasteiger partial charge is 0.329 e. The van der Waals surface area contributed by atoms with Gasteiger partial charge in [-0.05, 0) is 30.7 Å². The Morgan fingerprint density at radius 3 is 2.13 bits per heavy atom. The molecular formula is C20H17N3O7. The van der Waals surface area contributed by atoms with Gasteiger partial charge in [0.2, 0.25) is 5.91 Å². The van der Waals surface area contributed by atoms with Gasteiger partial charge in [0.05, 0.1) is 23.2 Å². The van der Waals surface area contributed by atoms with Crippen molar-refractivity contribution in [3.8, 4) is 0 Å². The van der Waals surface area contributed by atoms with Crippen molar-refractivity contribution in [2.45, 2.75) is 18.9 Å². The fraction of sp³-hybridized carbons (Fsp3) is 0.200. The number of non-ortho nitro benzene ring substituents is 1. The summed E-state index contributed by atoms with van der Waals surface area (Å²) in [7, 11) is 1.13. The molecule has 0 saturated carbocycles. The average molecular weight is 411 g/mol. The Hall–Kier alpha value is -4.08. The third-order valence-corrected chi connectivity index (χ3v) is 4.62. The molecule has 2 aromatic rings. The van der Waals surface area contributed by atoms with Crippen LogP contribution in [0.5, 0.6) is 0 Å². The molecule has 3 rings (SSSR count). The van der Waals surface area contributed by atoms with E-state index in [2.05, 4.69) is 5.32 Å². The number of ether oxygens (including phenoxy) is 1. The van der Waals surface area contributed by atoms with E-state index in [0.717, 1.165) is 12.0 Å². The fourth-order valence-electron chi connectivity index (χ4n) is 3.14. The summed E-state index contributed by atoms with van der Waals surface area (Å²) in [5.41, 5.74) is 0.587. The number of benzene rings is 2. The maximum atomic E-state index is 12.6. The molecule has 3 amide bonds. The number of hydrogen-bond acceptors (Lipinski definition) is 7. The highest BCUT2D eigenvalue weighted by Crippen LogP contribution is 2.26. The summed E-state index contributed by atoms with van der Waals surface area (Å²) in [5, 5.41) is 13.2. The monoisotopic (exact) mass is 411 g/mol. The Bertz CT molecular complexity index is 998. The van der Waals surface area contributed by atoms with E-state index < -0.39 is 34.7 Å². The lowest BCUT2D eigenvalue weighted by Gasteiger charge is -2.23. The molecule has 0 aliphatic carbocycles. The van der Waals surface area contributed by atoms with Gasteiger partial charge in [0.25, 0.3) is 17.5 Å². The predicted molar refractivity (Wildman–Crippen MR) is 104 cm³/mol. The lowest BCUT2D eigenvalue weighted by atomic mass is 10.1. The first-order chi connectivity index (χ1) is 14.3. The number of fused-ring (bicyclic) bond motifs is 1. The second-order valence-corrected chi connectivity index (χ2v) is 6.46. The maximum Gasteiger partial charge on any atom is 0.329 e. The van der Waals surface area contributed by atoms with Gasteiger partial charge in [-0.15, -0.1) is 0 Å². The lowest BCUT2D eigenvalue weighted by Crippen LogP contribution is -2.45. The van der Waals surface area contributed by atoms with Crippen molar-refractivity contribution in [3.05, 3.63) is 69.8 Å². The molecule has 0 fully saturated rings. The zero-order valence-electron chi connectivity index (χ0n) is 15.9. The minimum Gasteiger partial charge on any atom is -0.467 e. The first-order valence-corrected chi connectivity index (χ1v) is 8.92. The van der Waals surface area contributed by atoms with E-state index in [1.165, 1.54) is 36.4 Å². The Morgan fingerprint density at radius 2 is 1.63 bits per heavy atom. The highest BCUT2D eigenvalue weighted by molar-refractivity contribution is 6.22. The molecule has 1 heterocycles. The Balaban J connectivity index is 1.70. The topological polar surface area (TPSA) is 136 Å². The first-order valence-electron chi connectivity index (χ1n) is 8.92.